The van der Waals surface area contributed by atoms with E-state index in [-0.39, 0.29) is 5.78 Å². The summed E-state index contributed by atoms with van der Waals surface area (Å²) in [6.07, 6.45) is 2.64. The van der Waals surface area contributed by atoms with Crippen LogP contribution in [0.1, 0.15) is 31.2 Å². The van der Waals surface area contributed by atoms with E-state index in [1.54, 1.807) is 6.07 Å². The summed E-state index contributed by atoms with van der Waals surface area (Å²) in [4.78, 5) is 27.4. The van der Waals surface area contributed by atoms with E-state index in [0.717, 1.165) is 17.3 Å². The van der Waals surface area contributed by atoms with Crippen LogP contribution in [0.25, 0.3) is 0 Å². The number of ketones is 1. The van der Waals surface area contributed by atoms with E-state index in [1.807, 2.05) is 42.5 Å². The van der Waals surface area contributed by atoms with E-state index in [1.165, 1.54) is 4.90 Å². The lowest BCUT2D eigenvalue weighted by Gasteiger charge is -2.33. The maximum absolute atomic E-state index is 13.3. The van der Waals surface area contributed by atoms with Crippen molar-refractivity contribution in [1.82, 2.24) is 0 Å². The van der Waals surface area contributed by atoms with Crippen LogP contribution in [0.2, 0.25) is 0 Å². The second-order valence-electron chi connectivity index (χ2n) is 6.67. The zero-order valence-electron chi connectivity index (χ0n) is 13.6. The molecule has 2 aliphatic rings. The minimum Gasteiger partial charge on any atom is -0.375 e. The molecule has 4 rings (SSSR count). The molecular formula is C20H18BrNO3. The first-order chi connectivity index (χ1) is 12.0. The Morgan fingerprint density at radius 2 is 1.84 bits per heavy atom. The number of fused-ring (bicyclic) bond motifs is 1. The van der Waals surface area contributed by atoms with Crippen LogP contribution in [0, 0.1) is 5.92 Å². The highest BCUT2D eigenvalue weighted by molar-refractivity contribution is 9.10. The van der Waals surface area contributed by atoms with Gasteiger partial charge < -0.3 is 5.11 Å². The van der Waals surface area contributed by atoms with Gasteiger partial charge in [0.05, 0.1) is 11.6 Å². The molecule has 1 fully saturated rings. The summed E-state index contributed by atoms with van der Waals surface area (Å²) in [5, 5.41) is 11.5. The first kappa shape index (κ1) is 16.5. The molecule has 2 aromatic carbocycles. The van der Waals surface area contributed by atoms with Crippen molar-refractivity contribution in [3.63, 3.8) is 0 Å². The number of nitrogens with zero attached hydrogens (tertiary/aromatic N) is 1. The first-order valence-corrected chi connectivity index (χ1v) is 9.27. The van der Waals surface area contributed by atoms with Crippen LogP contribution in [-0.4, -0.2) is 16.8 Å². The lowest BCUT2D eigenvalue weighted by atomic mass is 9.73. The second kappa shape index (κ2) is 6.07. The molecule has 1 saturated carbocycles. The monoisotopic (exact) mass is 399 g/mol. The molecule has 0 spiro atoms. The number of hydrogen-bond acceptors (Lipinski definition) is 3. The smallest absolute Gasteiger partial charge is 0.268 e. The van der Waals surface area contributed by atoms with Gasteiger partial charge in [-0.25, -0.2) is 0 Å². The number of aliphatic hydroxyl groups is 1. The summed E-state index contributed by atoms with van der Waals surface area (Å²) < 4.78 is 0.774. The van der Waals surface area contributed by atoms with Crippen molar-refractivity contribution in [2.24, 2.45) is 5.92 Å². The summed E-state index contributed by atoms with van der Waals surface area (Å²) in [6.45, 7) is 0. The van der Waals surface area contributed by atoms with Crippen LogP contribution in [0.5, 0.6) is 0 Å². The molecule has 128 valence electrons. The van der Waals surface area contributed by atoms with Gasteiger partial charge in [0.2, 0.25) is 0 Å². The predicted molar refractivity (Wildman–Crippen MR) is 98.6 cm³/mol. The van der Waals surface area contributed by atoms with Crippen LogP contribution in [0.4, 0.5) is 11.4 Å². The normalized spacial score (nSPS) is 26.0. The van der Waals surface area contributed by atoms with Gasteiger partial charge in [-0.3, -0.25) is 14.5 Å². The third kappa shape index (κ3) is 2.45. The van der Waals surface area contributed by atoms with Crippen LogP contribution in [0.15, 0.2) is 53.0 Å². The third-order valence-corrected chi connectivity index (χ3v) is 5.71. The number of anilines is 2. The molecule has 1 N–H and O–H groups in total. The minimum atomic E-state index is -1.80. The highest BCUT2D eigenvalue weighted by Gasteiger charge is 2.57. The van der Waals surface area contributed by atoms with E-state index in [9.17, 15) is 14.7 Å². The second-order valence-corrected chi connectivity index (χ2v) is 7.58. The summed E-state index contributed by atoms with van der Waals surface area (Å²) >= 11 is 3.43. The molecule has 1 aliphatic heterocycles. The average molecular weight is 400 g/mol. The third-order valence-electron chi connectivity index (χ3n) is 5.21. The minimum absolute atomic E-state index is 0.0251. The topological polar surface area (TPSA) is 57.6 Å². The highest BCUT2D eigenvalue weighted by atomic mass is 79.9. The van der Waals surface area contributed by atoms with Crippen molar-refractivity contribution < 1.29 is 14.7 Å². The lowest BCUT2D eigenvalue weighted by Crippen LogP contribution is -2.48. The Balaban J connectivity index is 1.90. The lowest BCUT2D eigenvalue weighted by molar-refractivity contribution is -0.151. The molecule has 25 heavy (non-hydrogen) atoms. The summed E-state index contributed by atoms with van der Waals surface area (Å²) in [6, 6.07) is 14.7. The summed E-state index contributed by atoms with van der Waals surface area (Å²) in [5.74, 6) is -1.15. The van der Waals surface area contributed by atoms with Gasteiger partial charge in [-0.15, -0.1) is 0 Å². The van der Waals surface area contributed by atoms with Crippen molar-refractivity contribution in [1.29, 1.82) is 0 Å². The number of benzene rings is 2. The fourth-order valence-corrected chi connectivity index (χ4v) is 4.36. The number of halogens is 1. The van der Waals surface area contributed by atoms with Gasteiger partial charge in [0.25, 0.3) is 5.91 Å². The Hall–Kier alpha value is -1.98. The zero-order valence-corrected chi connectivity index (χ0v) is 15.2. The molecule has 0 bridgehead atoms. The molecule has 0 aromatic heterocycles. The molecule has 1 amide bonds. The van der Waals surface area contributed by atoms with Crippen LogP contribution in [0.3, 0.4) is 0 Å². The van der Waals surface area contributed by atoms with Crippen molar-refractivity contribution in [2.75, 3.05) is 4.90 Å². The van der Waals surface area contributed by atoms with Crippen LogP contribution in [-0.2, 0) is 15.2 Å². The van der Waals surface area contributed by atoms with Crippen molar-refractivity contribution in [3.05, 3.63) is 58.6 Å². The van der Waals surface area contributed by atoms with Gasteiger partial charge in [0.1, 0.15) is 5.78 Å². The molecule has 2 aromatic rings. The van der Waals surface area contributed by atoms with E-state index in [2.05, 4.69) is 15.9 Å². The Morgan fingerprint density at radius 1 is 1.08 bits per heavy atom. The molecule has 1 heterocycles. The van der Waals surface area contributed by atoms with E-state index in [0.29, 0.717) is 29.8 Å². The van der Waals surface area contributed by atoms with Crippen molar-refractivity contribution in [3.8, 4) is 0 Å². The summed E-state index contributed by atoms with van der Waals surface area (Å²) in [7, 11) is 0. The van der Waals surface area contributed by atoms with Crippen LogP contribution < -0.4 is 4.90 Å². The number of para-hydroxylation sites is 1. The van der Waals surface area contributed by atoms with Gasteiger partial charge in [-0.1, -0.05) is 40.5 Å². The molecule has 1 unspecified atom stereocenters. The van der Waals surface area contributed by atoms with Gasteiger partial charge in [0, 0.05) is 22.1 Å². The standard InChI is InChI=1S/C20H18BrNO3/c21-13-10-11-17-16(12-13)20(25,15-8-4-5-9-18(15)23)19(24)22(17)14-6-2-1-3-7-14/h1-3,6-7,10-12,15,25H,4-5,8-9H2/t15?,20-/m1/s1. The number of Topliss-reactive ketones (excluding diaryl/α,β-unsaturated/α-hetero) is 1. The fourth-order valence-electron chi connectivity index (χ4n) is 4.00. The molecule has 2 atom stereocenters. The molecular weight excluding hydrogens is 382 g/mol. The SMILES string of the molecule is O=C1CCCCC1[C@]1(O)C(=O)N(c2ccccc2)c2ccc(Br)cc21. The predicted octanol–water partition coefficient (Wildman–Crippen LogP) is 4.07. The highest BCUT2D eigenvalue weighted by Crippen LogP contribution is 2.50. The average Bonchev–Trinajstić information content (AvgIpc) is 2.84. The van der Waals surface area contributed by atoms with Gasteiger partial charge >= 0.3 is 0 Å². The number of amides is 1. The molecule has 1 aliphatic carbocycles. The van der Waals surface area contributed by atoms with Crippen molar-refractivity contribution >= 4 is 39.0 Å². The maximum atomic E-state index is 13.3. The molecule has 4 nitrogen and oxygen atoms in total. The van der Waals surface area contributed by atoms with E-state index in [4.69, 9.17) is 0 Å². The fraction of sp³-hybridized carbons (Fsp3) is 0.300. The number of rotatable bonds is 2. The quantitative estimate of drug-likeness (QED) is 0.827. The molecule has 0 saturated heterocycles. The van der Waals surface area contributed by atoms with E-state index < -0.39 is 17.4 Å². The van der Waals surface area contributed by atoms with Gasteiger partial charge in [0.15, 0.2) is 5.60 Å². The molecule has 0 radical (unpaired) electrons. The summed E-state index contributed by atoms with van der Waals surface area (Å²) in [5.41, 5.74) is 0.0402. The first-order valence-electron chi connectivity index (χ1n) is 8.48. The Morgan fingerprint density at radius 3 is 2.56 bits per heavy atom. The van der Waals surface area contributed by atoms with Gasteiger partial charge in [-0.05, 0) is 43.2 Å². The maximum Gasteiger partial charge on any atom is 0.268 e. The number of hydrogen-bond donors (Lipinski definition) is 1. The van der Waals surface area contributed by atoms with Gasteiger partial charge in [-0.2, -0.15) is 0 Å². The zero-order chi connectivity index (χ0) is 17.6. The van der Waals surface area contributed by atoms with Crippen LogP contribution >= 0.6 is 15.9 Å². The largest absolute Gasteiger partial charge is 0.375 e. The number of carbonyl (C=O) groups is 2. The van der Waals surface area contributed by atoms with Crippen molar-refractivity contribution in [2.45, 2.75) is 31.3 Å². The number of carbonyl (C=O) groups excluding carboxylic acids is 2. The Labute approximate surface area is 154 Å². The molecule has 5 heteroatoms. The Bertz CT molecular complexity index is 851. The van der Waals surface area contributed by atoms with E-state index >= 15 is 0 Å². The Kier molecular flexibility index (Phi) is 4.01.